The van der Waals surface area contributed by atoms with Crippen molar-refractivity contribution in [2.75, 3.05) is 12.4 Å². The van der Waals surface area contributed by atoms with Gasteiger partial charge in [-0.2, -0.15) is 0 Å². The average Bonchev–Trinajstić information content (AvgIpc) is 2.41. The third kappa shape index (κ3) is 2.97. The van der Waals surface area contributed by atoms with Crippen molar-refractivity contribution in [1.82, 2.24) is 9.97 Å². The Bertz CT molecular complexity index is 422. The Morgan fingerprint density at radius 3 is 2.94 bits per heavy atom. The highest BCUT2D eigenvalue weighted by atomic mass is 16.5. The first kappa shape index (κ1) is 12.8. The summed E-state index contributed by atoms with van der Waals surface area (Å²) < 4.78 is 4.65. The Morgan fingerprint density at radius 2 is 2.22 bits per heavy atom. The van der Waals surface area contributed by atoms with Gasteiger partial charge in [-0.1, -0.05) is 19.8 Å². The lowest BCUT2D eigenvalue weighted by molar-refractivity contribution is 0.0594. The van der Waals surface area contributed by atoms with Gasteiger partial charge in [0.05, 0.1) is 7.11 Å². The van der Waals surface area contributed by atoms with Crippen LogP contribution in [0.15, 0.2) is 12.3 Å². The number of hydrogen-bond acceptors (Lipinski definition) is 5. The molecule has 0 aromatic carbocycles. The minimum Gasteiger partial charge on any atom is -0.464 e. The standard InChI is InChI=1S/C13H19N3O2/c1-9-5-3-4-6-10(9)15-13-14-8-7-11(16-13)12(17)18-2/h7-10H,3-6H2,1-2H3,(H,14,15,16). The molecule has 1 aromatic rings. The van der Waals surface area contributed by atoms with Gasteiger partial charge in [0, 0.05) is 12.2 Å². The van der Waals surface area contributed by atoms with E-state index in [4.69, 9.17) is 0 Å². The molecule has 0 saturated heterocycles. The maximum atomic E-state index is 11.4. The second-order valence-electron chi connectivity index (χ2n) is 4.77. The van der Waals surface area contributed by atoms with E-state index in [0.29, 0.717) is 23.6 Å². The fourth-order valence-corrected chi connectivity index (χ4v) is 2.34. The molecule has 18 heavy (non-hydrogen) atoms. The Hall–Kier alpha value is -1.65. The number of carbonyl (C=O) groups excluding carboxylic acids is 1. The summed E-state index contributed by atoms with van der Waals surface area (Å²) in [6, 6.07) is 1.95. The molecule has 2 rings (SSSR count). The Morgan fingerprint density at radius 1 is 1.44 bits per heavy atom. The summed E-state index contributed by atoms with van der Waals surface area (Å²) >= 11 is 0. The smallest absolute Gasteiger partial charge is 0.356 e. The number of hydrogen-bond donors (Lipinski definition) is 1. The van der Waals surface area contributed by atoms with Gasteiger partial charge >= 0.3 is 5.97 Å². The van der Waals surface area contributed by atoms with Crippen LogP contribution < -0.4 is 5.32 Å². The topological polar surface area (TPSA) is 64.1 Å². The molecular weight excluding hydrogens is 230 g/mol. The van der Waals surface area contributed by atoms with Crippen molar-refractivity contribution >= 4 is 11.9 Å². The zero-order valence-corrected chi connectivity index (χ0v) is 10.8. The number of nitrogens with one attached hydrogen (secondary N) is 1. The molecule has 1 saturated carbocycles. The molecule has 1 fully saturated rings. The molecule has 1 aromatic heterocycles. The lowest BCUT2D eigenvalue weighted by atomic mass is 9.86. The van der Waals surface area contributed by atoms with Gasteiger partial charge in [0.25, 0.3) is 0 Å². The van der Waals surface area contributed by atoms with E-state index in [-0.39, 0.29) is 0 Å². The maximum Gasteiger partial charge on any atom is 0.356 e. The lowest BCUT2D eigenvalue weighted by Crippen LogP contribution is -2.31. The Balaban J connectivity index is 2.06. The van der Waals surface area contributed by atoms with Crippen LogP contribution in [0.1, 0.15) is 43.1 Å². The molecule has 2 unspecified atom stereocenters. The van der Waals surface area contributed by atoms with E-state index in [0.717, 1.165) is 6.42 Å². The Labute approximate surface area is 107 Å². The highest BCUT2D eigenvalue weighted by Gasteiger charge is 2.22. The molecule has 1 aliphatic carbocycles. The molecule has 1 N–H and O–H groups in total. The SMILES string of the molecule is COC(=O)c1ccnc(NC2CCCCC2C)n1. The van der Waals surface area contributed by atoms with E-state index in [1.807, 2.05) is 0 Å². The van der Waals surface area contributed by atoms with Crippen LogP contribution in [0.4, 0.5) is 5.95 Å². The molecular formula is C13H19N3O2. The second kappa shape index (κ2) is 5.80. The third-order valence-corrected chi connectivity index (χ3v) is 3.48. The highest BCUT2D eigenvalue weighted by molar-refractivity contribution is 5.87. The van der Waals surface area contributed by atoms with Gasteiger partial charge in [-0.05, 0) is 24.8 Å². The normalized spacial score (nSPS) is 23.4. The molecule has 98 valence electrons. The van der Waals surface area contributed by atoms with E-state index >= 15 is 0 Å². The van der Waals surface area contributed by atoms with Crippen LogP contribution in [0.25, 0.3) is 0 Å². The predicted octanol–water partition coefficient (Wildman–Crippen LogP) is 2.25. The number of esters is 1. The number of ether oxygens (including phenoxy) is 1. The minimum atomic E-state index is -0.433. The molecule has 0 spiro atoms. The zero-order valence-electron chi connectivity index (χ0n) is 10.8. The monoisotopic (exact) mass is 249 g/mol. The fourth-order valence-electron chi connectivity index (χ4n) is 2.34. The molecule has 1 aliphatic rings. The summed E-state index contributed by atoms with van der Waals surface area (Å²) in [4.78, 5) is 19.7. The van der Waals surface area contributed by atoms with E-state index in [2.05, 4.69) is 26.9 Å². The van der Waals surface area contributed by atoms with Gasteiger partial charge in [0.2, 0.25) is 5.95 Å². The second-order valence-corrected chi connectivity index (χ2v) is 4.77. The van der Waals surface area contributed by atoms with E-state index in [1.54, 1.807) is 12.3 Å². The summed E-state index contributed by atoms with van der Waals surface area (Å²) in [6.45, 7) is 2.24. The number of methoxy groups -OCH3 is 1. The summed E-state index contributed by atoms with van der Waals surface area (Å²) in [5.74, 6) is 0.693. The van der Waals surface area contributed by atoms with Gasteiger partial charge in [0.15, 0.2) is 5.69 Å². The first-order chi connectivity index (χ1) is 8.70. The van der Waals surface area contributed by atoms with Crippen LogP contribution in [-0.2, 0) is 4.74 Å². The molecule has 0 amide bonds. The van der Waals surface area contributed by atoms with Crippen LogP contribution in [0, 0.1) is 5.92 Å². The number of nitrogens with zero attached hydrogens (tertiary/aromatic N) is 2. The molecule has 5 heteroatoms. The number of anilines is 1. The molecule has 2 atom stereocenters. The van der Waals surface area contributed by atoms with Gasteiger partial charge in [0.1, 0.15) is 0 Å². The highest BCUT2D eigenvalue weighted by Crippen LogP contribution is 2.25. The van der Waals surface area contributed by atoms with Crippen LogP contribution in [0.2, 0.25) is 0 Å². The van der Waals surface area contributed by atoms with E-state index < -0.39 is 5.97 Å². The van der Waals surface area contributed by atoms with Crippen molar-refractivity contribution in [2.45, 2.75) is 38.6 Å². The molecule has 5 nitrogen and oxygen atoms in total. The third-order valence-electron chi connectivity index (χ3n) is 3.48. The quantitative estimate of drug-likeness (QED) is 0.832. The van der Waals surface area contributed by atoms with Gasteiger partial charge < -0.3 is 10.1 Å². The molecule has 0 radical (unpaired) electrons. The van der Waals surface area contributed by atoms with Crippen LogP contribution in [-0.4, -0.2) is 29.1 Å². The van der Waals surface area contributed by atoms with Crippen molar-refractivity contribution in [2.24, 2.45) is 5.92 Å². The van der Waals surface area contributed by atoms with Crippen LogP contribution in [0.5, 0.6) is 0 Å². The van der Waals surface area contributed by atoms with Crippen LogP contribution >= 0.6 is 0 Å². The van der Waals surface area contributed by atoms with Crippen molar-refractivity contribution in [1.29, 1.82) is 0 Å². The van der Waals surface area contributed by atoms with Gasteiger partial charge in [-0.3, -0.25) is 0 Å². The average molecular weight is 249 g/mol. The van der Waals surface area contributed by atoms with Crippen molar-refractivity contribution in [3.8, 4) is 0 Å². The summed E-state index contributed by atoms with van der Waals surface area (Å²) in [5.41, 5.74) is 0.290. The minimum absolute atomic E-state index is 0.290. The maximum absolute atomic E-state index is 11.4. The first-order valence-electron chi connectivity index (χ1n) is 6.38. The summed E-state index contributed by atoms with van der Waals surface area (Å²) in [7, 11) is 1.35. The summed E-state index contributed by atoms with van der Waals surface area (Å²) in [5, 5.41) is 3.32. The Kier molecular flexibility index (Phi) is 4.12. The number of aromatic nitrogens is 2. The largest absolute Gasteiger partial charge is 0.464 e. The van der Waals surface area contributed by atoms with Crippen LogP contribution in [0.3, 0.4) is 0 Å². The molecule has 0 bridgehead atoms. The van der Waals surface area contributed by atoms with Crippen molar-refractivity contribution < 1.29 is 9.53 Å². The zero-order chi connectivity index (χ0) is 13.0. The van der Waals surface area contributed by atoms with E-state index in [1.165, 1.54) is 26.4 Å². The molecule has 0 aliphatic heterocycles. The van der Waals surface area contributed by atoms with Gasteiger partial charge in [-0.15, -0.1) is 0 Å². The number of rotatable bonds is 3. The fraction of sp³-hybridized carbons (Fsp3) is 0.615. The van der Waals surface area contributed by atoms with E-state index in [9.17, 15) is 4.79 Å². The van der Waals surface area contributed by atoms with Crippen molar-refractivity contribution in [3.63, 3.8) is 0 Å². The van der Waals surface area contributed by atoms with Crippen molar-refractivity contribution in [3.05, 3.63) is 18.0 Å². The van der Waals surface area contributed by atoms with Gasteiger partial charge in [-0.25, -0.2) is 14.8 Å². The lowest BCUT2D eigenvalue weighted by Gasteiger charge is -2.29. The summed E-state index contributed by atoms with van der Waals surface area (Å²) in [6.07, 6.45) is 6.47. The predicted molar refractivity (Wildman–Crippen MR) is 68.4 cm³/mol. The first-order valence-corrected chi connectivity index (χ1v) is 6.38. The molecule has 1 heterocycles. The number of carbonyl (C=O) groups is 1.